The molecule has 1 fully saturated rings. The maximum absolute atomic E-state index is 12.7. The van der Waals surface area contributed by atoms with Crippen LogP contribution in [-0.4, -0.2) is 89.7 Å². The second-order valence-corrected chi connectivity index (χ2v) is 16.1. The summed E-state index contributed by atoms with van der Waals surface area (Å²) < 4.78 is 43.5. The fraction of sp³-hybridized carbons (Fsp3) is 0.480. The normalized spacial score (nSPS) is 14.9. The molecule has 0 aromatic heterocycles. The van der Waals surface area contributed by atoms with E-state index in [0.29, 0.717) is 31.1 Å². The number of carbonyl (C=O) groups is 6. The minimum atomic E-state index is -1.55. The molecule has 14 heteroatoms. The van der Waals surface area contributed by atoms with Crippen molar-refractivity contribution in [3.63, 3.8) is 0 Å². The van der Waals surface area contributed by atoms with Gasteiger partial charge < -0.3 is 37.9 Å². The van der Waals surface area contributed by atoms with Gasteiger partial charge >= 0.3 is 35.8 Å². The van der Waals surface area contributed by atoms with Crippen molar-refractivity contribution >= 4 is 35.8 Å². The molecule has 348 valence electrons. The summed E-state index contributed by atoms with van der Waals surface area (Å²) >= 11 is 0. The first kappa shape index (κ1) is 52.2. The van der Waals surface area contributed by atoms with Gasteiger partial charge in [-0.25, -0.2) is 28.8 Å². The molecule has 14 nitrogen and oxygen atoms in total. The Morgan fingerprint density at radius 1 is 0.625 bits per heavy atom. The highest BCUT2D eigenvalue weighted by atomic mass is 16.6. The quantitative estimate of drug-likeness (QED) is 0.0363. The molecule has 0 N–H and O–H groups in total. The van der Waals surface area contributed by atoms with Gasteiger partial charge in [0.15, 0.2) is 0 Å². The Labute approximate surface area is 376 Å². The molecule has 1 aliphatic carbocycles. The average Bonchev–Trinajstić information content (AvgIpc) is 3.30. The van der Waals surface area contributed by atoms with Crippen molar-refractivity contribution in [2.75, 3.05) is 53.9 Å². The second-order valence-electron chi connectivity index (χ2n) is 16.1. The molecule has 1 aliphatic rings. The number of aryl methyl sites for hydroxylation is 1. The zero-order valence-electron chi connectivity index (χ0n) is 37.9. The van der Waals surface area contributed by atoms with Gasteiger partial charge in [-0.1, -0.05) is 76.8 Å². The predicted octanol–water partition coefficient (Wildman–Crippen LogP) is 8.20. The van der Waals surface area contributed by atoms with Crippen LogP contribution >= 0.6 is 0 Å². The number of hydrogen-bond donors (Lipinski definition) is 0. The number of benzene rings is 2. The maximum Gasteiger partial charge on any atom is 0.333 e. The number of esters is 6. The Kier molecular flexibility index (Phi) is 22.6. The molecule has 0 atom stereocenters. The maximum atomic E-state index is 12.7. The monoisotopic (exact) mass is 888 g/mol. The number of methoxy groups -OCH3 is 2. The van der Waals surface area contributed by atoms with Crippen LogP contribution in [-0.2, 0) is 63.6 Å². The van der Waals surface area contributed by atoms with Crippen molar-refractivity contribution in [1.29, 1.82) is 0 Å². The smallest absolute Gasteiger partial charge is 0.333 e. The first-order valence-electron chi connectivity index (χ1n) is 21.7. The van der Waals surface area contributed by atoms with Gasteiger partial charge in [0.25, 0.3) is 0 Å². The molecule has 0 heterocycles. The Hall–Kier alpha value is -6.18. The molecule has 0 bridgehead atoms. The zero-order valence-corrected chi connectivity index (χ0v) is 37.9. The molecule has 1 saturated carbocycles. The minimum Gasteiger partial charge on any atom is -0.493 e. The van der Waals surface area contributed by atoms with Crippen LogP contribution in [0.15, 0.2) is 91.1 Å². The van der Waals surface area contributed by atoms with E-state index in [0.717, 1.165) is 66.9 Å². The van der Waals surface area contributed by atoms with Crippen LogP contribution in [0.5, 0.6) is 11.5 Å². The van der Waals surface area contributed by atoms with Crippen LogP contribution in [0.25, 0.3) is 11.1 Å². The van der Waals surface area contributed by atoms with E-state index in [1.165, 1.54) is 58.3 Å². The molecule has 0 unspecified atom stereocenters. The van der Waals surface area contributed by atoms with Gasteiger partial charge in [0.05, 0.1) is 27.4 Å². The lowest BCUT2D eigenvalue weighted by Gasteiger charge is -2.32. The van der Waals surface area contributed by atoms with Crippen molar-refractivity contribution in [1.82, 2.24) is 0 Å². The van der Waals surface area contributed by atoms with Crippen molar-refractivity contribution in [2.24, 2.45) is 17.3 Å². The summed E-state index contributed by atoms with van der Waals surface area (Å²) in [4.78, 5) is 73.5. The lowest BCUT2D eigenvalue weighted by Crippen LogP contribution is -2.44. The number of rotatable bonds is 27. The summed E-state index contributed by atoms with van der Waals surface area (Å²) in [7, 11) is 2.28. The van der Waals surface area contributed by atoms with Gasteiger partial charge in [0.2, 0.25) is 0 Å². The van der Waals surface area contributed by atoms with Gasteiger partial charge in [-0.3, -0.25) is 0 Å². The van der Waals surface area contributed by atoms with E-state index in [4.69, 9.17) is 28.4 Å². The Morgan fingerprint density at radius 2 is 1.16 bits per heavy atom. The number of ether oxygens (including phenoxy) is 8. The van der Waals surface area contributed by atoms with Crippen LogP contribution in [0.4, 0.5) is 0 Å². The van der Waals surface area contributed by atoms with Crippen molar-refractivity contribution in [3.05, 3.63) is 96.6 Å². The summed E-state index contributed by atoms with van der Waals surface area (Å²) in [6.45, 7) is 11.4. The average molecular weight is 889 g/mol. The number of unbranched alkanes of at least 4 members (excludes halogenated alkanes) is 2. The lowest BCUT2D eigenvalue weighted by molar-refractivity contribution is -0.159. The molecule has 0 spiro atoms. The van der Waals surface area contributed by atoms with E-state index in [2.05, 4.69) is 29.6 Å². The predicted molar refractivity (Wildman–Crippen MR) is 239 cm³/mol. The SMILES string of the molecule is C=C(C)C(=O)OCCCc1cc(-c2ccc(OCC3CCC(CCCCC)CC3)cc2)ccc1OCC(COC(=O)/C=C/C(=O)OC)(COC(=O)/C=C/C(=O)OC)COC(=O)C(=C)C. The highest BCUT2D eigenvalue weighted by molar-refractivity contribution is 5.92. The van der Waals surface area contributed by atoms with Gasteiger partial charge in [-0.15, -0.1) is 0 Å². The first-order valence-corrected chi connectivity index (χ1v) is 21.7. The molecule has 0 saturated heterocycles. The summed E-state index contributed by atoms with van der Waals surface area (Å²) in [6, 6.07) is 13.5. The summed E-state index contributed by atoms with van der Waals surface area (Å²) in [5.74, 6) is -2.23. The van der Waals surface area contributed by atoms with E-state index in [-0.39, 0.29) is 24.4 Å². The highest BCUT2D eigenvalue weighted by Crippen LogP contribution is 2.34. The van der Waals surface area contributed by atoms with Crippen LogP contribution in [0, 0.1) is 17.3 Å². The molecular weight excluding hydrogens is 825 g/mol. The molecule has 0 radical (unpaired) electrons. The first-order chi connectivity index (χ1) is 30.7. The van der Waals surface area contributed by atoms with Crippen LogP contribution in [0.2, 0.25) is 0 Å². The van der Waals surface area contributed by atoms with E-state index in [1.807, 2.05) is 36.4 Å². The lowest BCUT2D eigenvalue weighted by atomic mass is 9.80. The summed E-state index contributed by atoms with van der Waals surface area (Å²) in [5.41, 5.74) is 1.31. The topological polar surface area (TPSA) is 176 Å². The highest BCUT2D eigenvalue weighted by Gasteiger charge is 2.37. The Bertz CT molecular complexity index is 1910. The largest absolute Gasteiger partial charge is 0.493 e. The summed E-state index contributed by atoms with van der Waals surface area (Å²) in [5, 5.41) is 0. The Balaban J connectivity index is 1.89. The third kappa shape index (κ3) is 19.1. The van der Waals surface area contributed by atoms with Crippen LogP contribution in [0.3, 0.4) is 0 Å². The van der Waals surface area contributed by atoms with Gasteiger partial charge in [0.1, 0.15) is 43.3 Å². The number of hydrogen-bond acceptors (Lipinski definition) is 14. The van der Waals surface area contributed by atoms with Gasteiger partial charge in [-0.05, 0) is 92.3 Å². The fourth-order valence-corrected chi connectivity index (χ4v) is 6.75. The third-order valence-corrected chi connectivity index (χ3v) is 10.6. The van der Waals surface area contributed by atoms with Gasteiger partial charge in [0, 0.05) is 35.5 Å². The second kappa shape index (κ2) is 27.8. The number of carbonyl (C=O) groups excluding carboxylic acids is 6. The Morgan fingerprint density at radius 3 is 1.72 bits per heavy atom. The fourth-order valence-electron chi connectivity index (χ4n) is 6.75. The van der Waals surface area contributed by atoms with E-state index in [9.17, 15) is 28.8 Å². The molecule has 2 aromatic carbocycles. The van der Waals surface area contributed by atoms with Gasteiger partial charge in [-0.2, -0.15) is 0 Å². The molecule has 0 aliphatic heterocycles. The van der Waals surface area contributed by atoms with E-state index in [1.54, 1.807) is 13.0 Å². The molecule has 64 heavy (non-hydrogen) atoms. The van der Waals surface area contributed by atoms with Crippen molar-refractivity contribution < 1.29 is 66.7 Å². The van der Waals surface area contributed by atoms with E-state index >= 15 is 0 Å². The molecule has 2 aromatic rings. The van der Waals surface area contributed by atoms with E-state index < -0.39 is 61.1 Å². The minimum absolute atomic E-state index is 0.0751. The third-order valence-electron chi connectivity index (χ3n) is 10.6. The standard InChI is InChI=1S/C50H64O14/c1-8-9-10-12-37-14-16-38(17-15-37)30-60-42-21-18-39(19-22-42)40-20-23-43(41(29-40)13-11-28-59-48(55)35(2)3)61-31-50(34-64-49(56)36(4)5,32-62-46(53)26-24-44(51)57-6)33-63-47(54)27-25-45(52)58-7/h18-27,29,37-38H,2,4,8-17,28,30-34H2,1,3,5-7H3/b26-24+,27-25+. The zero-order chi connectivity index (χ0) is 46.9. The molecular formula is C50H64O14. The van der Waals surface area contributed by atoms with Crippen molar-refractivity contribution in [3.8, 4) is 22.6 Å². The van der Waals surface area contributed by atoms with Crippen LogP contribution in [0.1, 0.15) is 84.1 Å². The molecule has 3 rings (SSSR count). The van der Waals surface area contributed by atoms with Crippen molar-refractivity contribution in [2.45, 2.75) is 85.0 Å². The summed E-state index contributed by atoms with van der Waals surface area (Å²) in [6.07, 6.45) is 14.4. The van der Waals surface area contributed by atoms with Crippen LogP contribution < -0.4 is 9.47 Å². The molecule has 0 amide bonds.